The quantitative estimate of drug-likeness (QED) is 0.792. The van der Waals surface area contributed by atoms with Crippen LogP contribution in [0.5, 0.6) is 0 Å². The summed E-state index contributed by atoms with van der Waals surface area (Å²) < 4.78 is 0. The van der Waals surface area contributed by atoms with Gasteiger partial charge in [-0.3, -0.25) is 9.59 Å². The summed E-state index contributed by atoms with van der Waals surface area (Å²) in [4.78, 5) is 32.3. The molecule has 2 aromatic rings. The van der Waals surface area contributed by atoms with Crippen LogP contribution in [0.1, 0.15) is 48.9 Å². The zero-order valence-electron chi connectivity index (χ0n) is 14.4. The van der Waals surface area contributed by atoms with Gasteiger partial charge in [0, 0.05) is 12.1 Å². The van der Waals surface area contributed by atoms with E-state index in [2.05, 4.69) is 20.6 Å². The number of nitrogens with one attached hydrogen (secondary N) is 2. The SMILES string of the molecule is O=C(CCC1CCCC1)Nc1ccc(Cl)c(C(=O)Nc2cncnc2)c1. The Balaban J connectivity index is 1.61. The maximum atomic E-state index is 12.4. The van der Waals surface area contributed by atoms with Crippen LogP contribution < -0.4 is 10.6 Å². The van der Waals surface area contributed by atoms with Gasteiger partial charge in [-0.15, -0.1) is 0 Å². The van der Waals surface area contributed by atoms with E-state index < -0.39 is 0 Å². The molecule has 1 aromatic heterocycles. The minimum absolute atomic E-state index is 0.0398. The fourth-order valence-electron chi connectivity index (χ4n) is 3.20. The van der Waals surface area contributed by atoms with Crippen molar-refractivity contribution in [2.24, 2.45) is 5.92 Å². The third kappa shape index (κ3) is 5.02. The first-order chi connectivity index (χ1) is 12.6. The predicted molar refractivity (Wildman–Crippen MR) is 101 cm³/mol. The van der Waals surface area contributed by atoms with E-state index in [9.17, 15) is 9.59 Å². The van der Waals surface area contributed by atoms with Gasteiger partial charge in [0.15, 0.2) is 0 Å². The van der Waals surface area contributed by atoms with Gasteiger partial charge < -0.3 is 10.6 Å². The van der Waals surface area contributed by atoms with Gasteiger partial charge in [0.1, 0.15) is 6.33 Å². The summed E-state index contributed by atoms with van der Waals surface area (Å²) in [6.45, 7) is 0. The molecule has 2 amide bonds. The molecule has 1 aliphatic rings. The van der Waals surface area contributed by atoms with Crippen LogP contribution in [0.3, 0.4) is 0 Å². The largest absolute Gasteiger partial charge is 0.326 e. The molecule has 0 spiro atoms. The molecule has 1 heterocycles. The molecule has 1 aromatic carbocycles. The fourth-order valence-corrected chi connectivity index (χ4v) is 3.40. The highest BCUT2D eigenvalue weighted by atomic mass is 35.5. The second-order valence-electron chi connectivity index (χ2n) is 6.51. The van der Waals surface area contributed by atoms with Crippen LogP contribution >= 0.6 is 11.6 Å². The van der Waals surface area contributed by atoms with Crippen molar-refractivity contribution in [3.8, 4) is 0 Å². The molecular formula is C19H21ClN4O2. The Morgan fingerprint density at radius 1 is 1.08 bits per heavy atom. The molecule has 136 valence electrons. The lowest BCUT2D eigenvalue weighted by atomic mass is 10.0. The maximum Gasteiger partial charge on any atom is 0.257 e. The molecule has 1 aliphatic carbocycles. The number of anilines is 2. The lowest BCUT2D eigenvalue weighted by Gasteiger charge is -2.11. The van der Waals surface area contributed by atoms with Gasteiger partial charge in [-0.25, -0.2) is 9.97 Å². The number of rotatable bonds is 6. The van der Waals surface area contributed by atoms with E-state index in [-0.39, 0.29) is 17.4 Å². The summed E-state index contributed by atoms with van der Waals surface area (Å²) in [6, 6.07) is 4.87. The smallest absolute Gasteiger partial charge is 0.257 e. The second kappa shape index (κ2) is 8.76. The summed E-state index contributed by atoms with van der Waals surface area (Å²) in [5, 5.41) is 5.84. The van der Waals surface area contributed by atoms with E-state index in [0.717, 1.165) is 6.42 Å². The lowest BCUT2D eigenvalue weighted by Crippen LogP contribution is -2.15. The van der Waals surface area contributed by atoms with Crippen molar-refractivity contribution in [3.05, 3.63) is 47.5 Å². The number of carbonyl (C=O) groups is 2. The monoisotopic (exact) mass is 372 g/mol. The molecule has 7 heteroatoms. The summed E-state index contributed by atoms with van der Waals surface area (Å²) in [6.07, 6.45) is 10.8. The molecule has 3 rings (SSSR count). The summed E-state index contributed by atoms with van der Waals surface area (Å²) >= 11 is 6.14. The van der Waals surface area contributed by atoms with Gasteiger partial charge in [-0.05, 0) is 30.5 Å². The zero-order chi connectivity index (χ0) is 18.4. The Morgan fingerprint density at radius 2 is 1.81 bits per heavy atom. The van der Waals surface area contributed by atoms with E-state index in [4.69, 9.17) is 11.6 Å². The van der Waals surface area contributed by atoms with E-state index >= 15 is 0 Å². The highest BCUT2D eigenvalue weighted by molar-refractivity contribution is 6.34. The number of amides is 2. The molecule has 0 aliphatic heterocycles. The number of nitrogens with zero attached hydrogens (tertiary/aromatic N) is 2. The van der Waals surface area contributed by atoms with E-state index in [1.807, 2.05) is 0 Å². The number of hydrogen-bond acceptors (Lipinski definition) is 4. The number of benzene rings is 1. The molecule has 2 N–H and O–H groups in total. The first-order valence-corrected chi connectivity index (χ1v) is 9.15. The van der Waals surface area contributed by atoms with Crippen LogP contribution in [0.4, 0.5) is 11.4 Å². The molecule has 6 nitrogen and oxygen atoms in total. The lowest BCUT2D eigenvalue weighted by molar-refractivity contribution is -0.116. The van der Waals surface area contributed by atoms with Crippen molar-refractivity contribution in [1.29, 1.82) is 0 Å². The third-order valence-electron chi connectivity index (χ3n) is 4.57. The van der Waals surface area contributed by atoms with E-state index in [1.54, 1.807) is 18.2 Å². The minimum atomic E-state index is -0.383. The molecular weight excluding hydrogens is 352 g/mol. The molecule has 0 bridgehead atoms. The third-order valence-corrected chi connectivity index (χ3v) is 4.90. The summed E-state index contributed by atoms with van der Waals surface area (Å²) in [5.74, 6) is 0.245. The normalized spacial score (nSPS) is 14.2. The standard InChI is InChI=1S/C19H21ClN4O2/c20-17-7-6-14(23-18(25)8-5-13-3-1-2-4-13)9-16(17)19(26)24-15-10-21-12-22-11-15/h6-7,9-13H,1-5,8H2,(H,23,25)(H,24,26). The van der Waals surface area contributed by atoms with Gasteiger partial charge in [0.05, 0.1) is 28.7 Å². The summed E-state index contributed by atoms with van der Waals surface area (Å²) in [5.41, 5.74) is 1.31. The number of hydrogen-bond donors (Lipinski definition) is 2. The molecule has 1 saturated carbocycles. The van der Waals surface area contributed by atoms with Gasteiger partial charge in [0.2, 0.25) is 5.91 Å². The second-order valence-corrected chi connectivity index (χ2v) is 6.92. The zero-order valence-corrected chi connectivity index (χ0v) is 15.1. The predicted octanol–water partition coefficient (Wildman–Crippen LogP) is 4.29. The van der Waals surface area contributed by atoms with Gasteiger partial charge in [-0.1, -0.05) is 37.3 Å². The van der Waals surface area contributed by atoms with Crippen molar-refractivity contribution < 1.29 is 9.59 Å². The first kappa shape index (κ1) is 18.3. The Labute approximate surface area is 157 Å². The van der Waals surface area contributed by atoms with Crippen LogP contribution in [0.2, 0.25) is 5.02 Å². The molecule has 26 heavy (non-hydrogen) atoms. The van der Waals surface area contributed by atoms with Crippen molar-refractivity contribution >= 4 is 34.8 Å². The molecule has 0 radical (unpaired) electrons. The van der Waals surface area contributed by atoms with Crippen molar-refractivity contribution in [3.63, 3.8) is 0 Å². The maximum absolute atomic E-state index is 12.4. The van der Waals surface area contributed by atoms with Crippen molar-refractivity contribution in [2.45, 2.75) is 38.5 Å². The first-order valence-electron chi connectivity index (χ1n) is 8.77. The number of aromatic nitrogens is 2. The van der Waals surface area contributed by atoms with E-state index in [0.29, 0.717) is 28.7 Å². The average Bonchev–Trinajstić information content (AvgIpc) is 3.16. The van der Waals surface area contributed by atoms with Crippen LogP contribution in [0.15, 0.2) is 36.9 Å². The average molecular weight is 373 g/mol. The fraction of sp³-hybridized carbons (Fsp3) is 0.368. The molecule has 0 unspecified atom stereocenters. The number of halogens is 1. The van der Waals surface area contributed by atoms with Crippen LogP contribution in [0.25, 0.3) is 0 Å². The molecule has 0 atom stereocenters. The van der Waals surface area contributed by atoms with Gasteiger partial charge >= 0.3 is 0 Å². The van der Waals surface area contributed by atoms with Crippen LogP contribution in [-0.2, 0) is 4.79 Å². The highest BCUT2D eigenvalue weighted by Crippen LogP contribution is 2.28. The van der Waals surface area contributed by atoms with Crippen LogP contribution in [0, 0.1) is 5.92 Å². The van der Waals surface area contributed by atoms with E-state index in [1.165, 1.54) is 44.4 Å². The summed E-state index contributed by atoms with van der Waals surface area (Å²) in [7, 11) is 0. The Bertz CT molecular complexity index is 776. The Morgan fingerprint density at radius 3 is 2.54 bits per heavy atom. The minimum Gasteiger partial charge on any atom is -0.326 e. The Hall–Kier alpha value is -2.47. The topological polar surface area (TPSA) is 84.0 Å². The van der Waals surface area contributed by atoms with Crippen molar-refractivity contribution in [2.75, 3.05) is 10.6 Å². The van der Waals surface area contributed by atoms with Gasteiger partial charge in [-0.2, -0.15) is 0 Å². The van der Waals surface area contributed by atoms with Gasteiger partial charge in [0.25, 0.3) is 5.91 Å². The highest BCUT2D eigenvalue weighted by Gasteiger charge is 2.17. The van der Waals surface area contributed by atoms with Crippen LogP contribution in [-0.4, -0.2) is 21.8 Å². The Kier molecular flexibility index (Phi) is 6.17. The van der Waals surface area contributed by atoms with Crippen molar-refractivity contribution in [1.82, 2.24) is 9.97 Å². The number of carbonyl (C=O) groups excluding carboxylic acids is 2. The molecule has 1 fully saturated rings. The molecule has 0 saturated heterocycles.